The Morgan fingerprint density at radius 1 is 1.04 bits per heavy atom. The van der Waals surface area contributed by atoms with E-state index in [2.05, 4.69) is 10.9 Å². The van der Waals surface area contributed by atoms with Crippen molar-refractivity contribution in [1.29, 1.82) is 0 Å². The monoisotopic (exact) mass is 382 g/mol. The molecular formula is C18H14ClF3N2O2. The van der Waals surface area contributed by atoms with E-state index < -0.39 is 23.6 Å². The second-order valence-electron chi connectivity index (χ2n) is 5.38. The lowest BCUT2D eigenvalue weighted by Gasteiger charge is -2.08. The number of halogens is 4. The van der Waals surface area contributed by atoms with E-state index in [4.69, 9.17) is 11.6 Å². The van der Waals surface area contributed by atoms with Gasteiger partial charge in [0.25, 0.3) is 11.8 Å². The van der Waals surface area contributed by atoms with Gasteiger partial charge in [-0.25, -0.2) is 0 Å². The number of rotatable bonds is 3. The molecule has 2 amide bonds. The summed E-state index contributed by atoms with van der Waals surface area (Å²) in [6.07, 6.45) is -2.42. The fourth-order valence-corrected chi connectivity index (χ4v) is 2.13. The van der Waals surface area contributed by atoms with Crippen LogP contribution >= 0.6 is 11.6 Å². The van der Waals surface area contributed by atoms with Crippen LogP contribution in [0, 0.1) is 6.92 Å². The molecule has 0 aliphatic carbocycles. The fraction of sp³-hybridized carbons (Fsp3) is 0.111. The number of alkyl halides is 3. The maximum atomic E-state index is 12.7. The molecule has 26 heavy (non-hydrogen) atoms. The molecule has 0 unspecified atom stereocenters. The Bertz CT molecular complexity index is 847. The number of aryl methyl sites for hydroxylation is 1. The highest BCUT2D eigenvalue weighted by atomic mass is 35.5. The second-order valence-corrected chi connectivity index (χ2v) is 5.78. The molecule has 2 aromatic rings. The molecule has 0 saturated carbocycles. The van der Waals surface area contributed by atoms with Gasteiger partial charge < -0.3 is 0 Å². The summed E-state index contributed by atoms with van der Waals surface area (Å²) in [5, 5.41) is 0.0609. The average Bonchev–Trinajstić information content (AvgIpc) is 2.58. The molecule has 2 aromatic carbocycles. The minimum atomic E-state index is -4.52. The van der Waals surface area contributed by atoms with Crippen LogP contribution in [-0.2, 0) is 11.0 Å². The molecule has 0 atom stereocenters. The lowest BCUT2D eigenvalue weighted by atomic mass is 10.1. The molecule has 0 heterocycles. The Morgan fingerprint density at radius 3 is 2.31 bits per heavy atom. The van der Waals surface area contributed by atoms with E-state index in [1.165, 1.54) is 0 Å². The molecule has 0 bridgehead atoms. The van der Waals surface area contributed by atoms with Gasteiger partial charge in [-0.3, -0.25) is 20.4 Å². The minimum absolute atomic E-state index is 0.0292. The number of amides is 2. The lowest BCUT2D eigenvalue weighted by molar-refractivity contribution is -0.137. The van der Waals surface area contributed by atoms with Crippen molar-refractivity contribution in [1.82, 2.24) is 10.9 Å². The van der Waals surface area contributed by atoms with Crippen molar-refractivity contribution in [3.63, 3.8) is 0 Å². The van der Waals surface area contributed by atoms with E-state index in [-0.39, 0.29) is 10.6 Å². The number of nitrogens with one attached hydrogen (secondary N) is 2. The quantitative estimate of drug-likeness (QED) is 0.619. The lowest BCUT2D eigenvalue weighted by Crippen LogP contribution is -2.40. The van der Waals surface area contributed by atoms with Crippen molar-refractivity contribution in [2.45, 2.75) is 13.1 Å². The topological polar surface area (TPSA) is 58.2 Å². The number of carbonyl (C=O) groups is 2. The summed E-state index contributed by atoms with van der Waals surface area (Å²) in [5.74, 6) is -1.25. The van der Waals surface area contributed by atoms with Gasteiger partial charge in [0, 0.05) is 16.7 Å². The summed E-state index contributed by atoms with van der Waals surface area (Å²) in [4.78, 5) is 23.6. The maximum Gasteiger partial charge on any atom is 0.416 e. The normalized spacial score (nSPS) is 11.4. The van der Waals surface area contributed by atoms with Gasteiger partial charge in [-0.1, -0.05) is 29.3 Å². The maximum absolute atomic E-state index is 12.7. The summed E-state index contributed by atoms with van der Waals surface area (Å²) in [6, 6.07) is 9.45. The Morgan fingerprint density at radius 2 is 1.69 bits per heavy atom. The highest BCUT2D eigenvalue weighted by Crippen LogP contribution is 2.32. The Labute approximate surface area is 152 Å². The van der Waals surface area contributed by atoms with Gasteiger partial charge in [-0.15, -0.1) is 0 Å². The Hall–Kier alpha value is -2.80. The Balaban J connectivity index is 1.99. The van der Waals surface area contributed by atoms with Gasteiger partial charge in [-0.2, -0.15) is 13.2 Å². The number of hydrogen-bond acceptors (Lipinski definition) is 2. The van der Waals surface area contributed by atoms with Gasteiger partial charge >= 0.3 is 6.18 Å². The van der Waals surface area contributed by atoms with Crippen molar-refractivity contribution >= 4 is 29.5 Å². The van der Waals surface area contributed by atoms with Crippen LogP contribution in [0.1, 0.15) is 27.0 Å². The van der Waals surface area contributed by atoms with Crippen LogP contribution < -0.4 is 10.9 Å². The van der Waals surface area contributed by atoms with Gasteiger partial charge in [0.05, 0.1) is 5.56 Å². The molecule has 8 heteroatoms. The van der Waals surface area contributed by atoms with Crippen LogP contribution in [0.5, 0.6) is 0 Å². The predicted octanol–water partition coefficient (Wildman–Crippen LogP) is 4.14. The molecule has 0 aliphatic heterocycles. The first-order chi connectivity index (χ1) is 12.2. The minimum Gasteiger partial charge on any atom is -0.268 e. The Kier molecular flexibility index (Phi) is 6.05. The van der Waals surface area contributed by atoms with Crippen LogP contribution in [0.4, 0.5) is 13.2 Å². The molecular weight excluding hydrogens is 369 g/mol. The van der Waals surface area contributed by atoms with Crippen LogP contribution in [0.15, 0.2) is 48.5 Å². The van der Waals surface area contributed by atoms with Gasteiger partial charge in [-0.05, 0) is 48.9 Å². The standard InChI is InChI=1S/C18H14ClF3N2O2/c1-11-2-4-12(5-3-11)17(26)24-23-16(25)9-6-13-10-14(18(20,21)22)7-8-15(13)19/h2-10H,1H3,(H,23,25)(H,24,26)/b9-6+. The van der Waals surface area contributed by atoms with Crippen molar-refractivity contribution in [3.8, 4) is 0 Å². The smallest absolute Gasteiger partial charge is 0.268 e. The summed E-state index contributed by atoms with van der Waals surface area (Å²) >= 11 is 5.83. The molecule has 0 radical (unpaired) electrons. The first-order valence-electron chi connectivity index (χ1n) is 7.38. The van der Waals surface area contributed by atoms with Gasteiger partial charge in [0.15, 0.2) is 0 Å². The summed E-state index contributed by atoms with van der Waals surface area (Å²) < 4.78 is 38.1. The third-order valence-electron chi connectivity index (χ3n) is 3.35. The third kappa shape index (κ3) is 5.35. The van der Waals surface area contributed by atoms with Crippen molar-refractivity contribution in [2.24, 2.45) is 0 Å². The second kappa shape index (κ2) is 8.05. The van der Waals surface area contributed by atoms with Crippen LogP contribution in [0.25, 0.3) is 6.08 Å². The van der Waals surface area contributed by atoms with E-state index in [0.717, 1.165) is 35.9 Å². The molecule has 4 nitrogen and oxygen atoms in total. The summed E-state index contributed by atoms with van der Waals surface area (Å²) in [7, 11) is 0. The zero-order chi connectivity index (χ0) is 19.3. The van der Waals surface area contributed by atoms with Crippen LogP contribution in [-0.4, -0.2) is 11.8 Å². The third-order valence-corrected chi connectivity index (χ3v) is 3.69. The molecule has 2 rings (SSSR count). The van der Waals surface area contributed by atoms with Crippen molar-refractivity contribution in [2.75, 3.05) is 0 Å². The predicted molar refractivity (Wildman–Crippen MR) is 92.3 cm³/mol. The van der Waals surface area contributed by atoms with E-state index in [1.54, 1.807) is 24.3 Å². The molecule has 2 N–H and O–H groups in total. The van der Waals surface area contributed by atoms with Crippen molar-refractivity contribution < 1.29 is 22.8 Å². The number of hydrogen-bond donors (Lipinski definition) is 2. The molecule has 0 aliphatic rings. The first kappa shape index (κ1) is 19.5. The van der Waals surface area contributed by atoms with E-state index in [1.807, 2.05) is 6.92 Å². The van der Waals surface area contributed by atoms with Gasteiger partial charge in [0.2, 0.25) is 0 Å². The molecule has 0 fully saturated rings. The summed E-state index contributed by atoms with van der Waals surface area (Å²) in [6.45, 7) is 1.87. The van der Waals surface area contributed by atoms with Crippen LogP contribution in [0.3, 0.4) is 0 Å². The van der Waals surface area contributed by atoms with Crippen molar-refractivity contribution in [3.05, 3.63) is 75.8 Å². The molecule has 0 aromatic heterocycles. The van der Waals surface area contributed by atoms with E-state index >= 15 is 0 Å². The average molecular weight is 383 g/mol. The molecule has 0 spiro atoms. The zero-order valence-corrected chi connectivity index (χ0v) is 14.3. The number of benzene rings is 2. The number of hydrazine groups is 1. The van der Waals surface area contributed by atoms with Crippen LogP contribution in [0.2, 0.25) is 5.02 Å². The first-order valence-corrected chi connectivity index (χ1v) is 7.76. The molecule has 136 valence electrons. The SMILES string of the molecule is Cc1ccc(C(=O)NNC(=O)/C=C/c2cc(C(F)(F)F)ccc2Cl)cc1. The van der Waals surface area contributed by atoms with Gasteiger partial charge in [0.1, 0.15) is 0 Å². The summed E-state index contributed by atoms with van der Waals surface area (Å²) in [5.41, 5.74) is 4.82. The number of carbonyl (C=O) groups excluding carboxylic acids is 2. The van der Waals surface area contributed by atoms with E-state index in [9.17, 15) is 22.8 Å². The highest BCUT2D eigenvalue weighted by molar-refractivity contribution is 6.32. The largest absolute Gasteiger partial charge is 0.416 e. The zero-order valence-electron chi connectivity index (χ0n) is 13.5. The molecule has 0 saturated heterocycles. The fourth-order valence-electron chi connectivity index (χ4n) is 1.95. The van der Waals surface area contributed by atoms with E-state index in [0.29, 0.717) is 5.56 Å². The highest BCUT2D eigenvalue weighted by Gasteiger charge is 2.30.